The van der Waals surface area contributed by atoms with Crippen LogP contribution in [0.4, 0.5) is 5.69 Å². The van der Waals surface area contributed by atoms with Crippen molar-refractivity contribution in [1.29, 1.82) is 0 Å². The quantitative estimate of drug-likeness (QED) is 0.481. The van der Waals surface area contributed by atoms with Gasteiger partial charge in [-0.25, -0.2) is 4.79 Å². The molecule has 0 aromatic heterocycles. The summed E-state index contributed by atoms with van der Waals surface area (Å²) < 4.78 is 0. The molecule has 0 aliphatic rings. The fraction of sp³-hybridized carbons (Fsp3) is 0.0909. The van der Waals surface area contributed by atoms with E-state index in [4.69, 9.17) is 15.0 Å². The Morgan fingerprint density at radius 3 is 2.33 bits per heavy atom. The Kier molecular flexibility index (Phi) is 6.42. The number of rotatable bonds is 3. The second-order valence-corrected chi connectivity index (χ2v) is 3.04. The van der Waals surface area contributed by atoms with Gasteiger partial charge in [-0.2, -0.15) is 0 Å². The number of hydrogen-bond donors (Lipinski definition) is 2. The molecule has 0 heterocycles. The van der Waals surface area contributed by atoms with E-state index in [9.17, 15) is 14.9 Å². The molecule has 96 valence electrons. The minimum Gasteiger partial charge on any atom is -0.481 e. The lowest BCUT2D eigenvalue weighted by Gasteiger charge is -1.92. The fourth-order valence-electron chi connectivity index (χ4n) is 0.910. The maximum absolute atomic E-state index is 10.4. The monoisotopic (exact) mass is 253 g/mol. The number of carboxylic acid groups (broad SMARTS) is 2. The first-order valence-corrected chi connectivity index (χ1v) is 4.68. The van der Waals surface area contributed by atoms with Crippen molar-refractivity contribution in [1.82, 2.24) is 0 Å². The molecule has 18 heavy (non-hydrogen) atoms. The summed E-state index contributed by atoms with van der Waals surface area (Å²) in [5.74, 6) is -1.92. The van der Waals surface area contributed by atoms with Gasteiger partial charge in [-0.05, 0) is 11.6 Å². The highest BCUT2D eigenvalue weighted by Gasteiger charge is 2.03. The van der Waals surface area contributed by atoms with E-state index in [-0.39, 0.29) is 5.69 Å². The smallest absolute Gasteiger partial charge is 0.328 e. The van der Waals surface area contributed by atoms with Gasteiger partial charge in [0.15, 0.2) is 0 Å². The highest BCUT2D eigenvalue weighted by atomic mass is 16.6. The SMILES string of the molecule is CC(=O)O.O=C(O)C=Cc1cccc([N+](=O)[O-])c1. The van der Waals surface area contributed by atoms with Crippen molar-refractivity contribution < 1.29 is 24.7 Å². The summed E-state index contributed by atoms with van der Waals surface area (Å²) in [4.78, 5) is 29.0. The Morgan fingerprint density at radius 2 is 1.89 bits per heavy atom. The topological polar surface area (TPSA) is 118 Å². The van der Waals surface area contributed by atoms with Crippen molar-refractivity contribution >= 4 is 23.7 Å². The Balaban J connectivity index is 0.000000631. The summed E-state index contributed by atoms with van der Waals surface area (Å²) in [6.45, 7) is 1.08. The number of nitro groups is 1. The van der Waals surface area contributed by atoms with Crippen LogP contribution in [0.1, 0.15) is 12.5 Å². The predicted octanol–water partition coefficient (Wildman–Crippen LogP) is 1.78. The van der Waals surface area contributed by atoms with Gasteiger partial charge in [0, 0.05) is 25.1 Å². The molecule has 0 saturated heterocycles. The molecular formula is C11H11NO6. The van der Waals surface area contributed by atoms with Crippen LogP contribution in [-0.4, -0.2) is 27.1 Å². The summed E-state index contributed by atoms with van der Waals surface area (Å²) in [6, 6.07) is 5.74. The molecular weight excluding hydrogens is 242 g/mol. The summed E-state index contributed by atoms with van der Waals surface area (Å²) in [6.07, 6.45) is 2.23. The van der Waals surface area contributed by atoms with Crippen LogP contribution in [-0.2, 0) is 9.59 Å². The third kappa shape index (κ3) is 7.57. The van der Waals surface area contributed by atoms with Gasteiger partial charge >= 0.3 is 5.97 Å². The third-order valence-electron chi connectivity index (χ3n) is 1.50. The molecule has 0 bridgehead atoms. The van der Waals surface area contributed by atoms with E-state index in [0.29, 0.717) is 5.56 Å². The van der Waals surface area contributed by atoms with Crippen molar-refractivity contribution in [3.8, 4) is 0 Å². The number of carboxylic acids is 2. The van der Waals surface area contributed by atoms with Crippen molar-refractivity contribution in [3.05, 3.63) is 46.0 Å². The lowest BCUT2D eigenvalue weighted by atomic mass is 10.2. The van der Waals surface area contributed by atoms with E-state index in [1.165, 1.54) is 24.3 Å². The fourth-order valence-corrected chi connectivity index (χ4v) is 0.910. The molecule has 0 radical (unpaired) electrons. The number of benzene rings is 1. The zero-order valence-corrected chi connectivity index (χ0v) is 9.44. The minimum atomic E-state index is -1.09. The molecule has 0 aliphatic heterocycles. The molecule has 0 spiro atoms. The molecule has 2 N–H and O–H groups in total. The standard InChI is InChI=1S/C9H7NO4.C2H4O2/c11-9(12)5-4-7-2-1-3-8(6-7)10(13)14;1-2(3)4/h1-6H,(H,11,12);1H3,(H,3,4). The average molecular weight is 253 g/mol. The van der Waals surface area contributed by atoms with Crippen molar-refractivity contribution in [3.63, 3.8) is 0 Å². The highest BCUT2D eigenvalue weighted by molar-refractivity contribution is 5.85. The van der Waals surface area contributed by atoms with Gasteiger partial charge < -0.3 is 10.2 Å². The van der Waals surface area contributed by atoms with Crippen molar-refractivity contribution in [2.75, 3.05) is 0 Å². The van der Waals surface area contributed by atoms with Gasteiger partial charge in [-0.15, -0.1) is 0 Å². The summed E-state index contributed by atoms with van der Waals surface area (Å²) >= 11 is 0. The van der Waals surface area contributed by atoms with Crippen LogP contribution in [0.2, 0.25) is 0 Å². The Morgan fingerprint density at radius 1 is 1.33 bits per heavy atom. The number of non-ortho nitro benzene ring substituents is 1. The molecule has 1 aromatic rings. The van der Waals surface area contributed by atoms with Gasteiger partial charge in [0.1, 0.15) is 0 Å². The second-order valence-electron chi connectivity index (χ2n) is 3.04. The van der Waals surface area contributed by atoms with Crippen molar-refractivity contribution in [2.24, 2.45) is 0 Å². The molecule has 0 saturated carbocycles. The predicted molar refractivity (Wildman–Crippen MR) is 63.1 cm³/mol. The van der Waals surface area contributed by atoms with Gasteiger partial charge in [0.25, 0.3) is 11.7 Å². The Bertz CT molecular complexity index is 476. The molecule has 0 amide bonds. The zero-order chi connectivity index (χ0) is 14.1. The maximum atomic E-state index is 10.4. The summed E-state index contributed by atoms with van der Waals surface area (Å²) in [7, 11) is 0. The highest BCUT2D eigenvalue weighted by Crippen LogP contribution is 2.13. The van der Waals surface area contributed by atoms with E-state index < -0.39 is 16.9 Å². The maximum Gasteiger partial charge on any atom is 0.328 e. The third-order valence-corrected chi connectivity index (χ3v) is 1.50. The largest absolute Gasteiger partial charge is 0.481 e. The van der Waals surface area contributed by atoms with E-state index >= 15 is 0 Å². The first-order chi connectivity index (χ1) is 8.32. The molecule has 0 aliphatic carbocycles. The number of aliphatic carboxylic acids is 2. The lowest BCUT2D eigenvalue weighted by Crippen LogP contribution is -1.88. The van der Waals surface area contributed by atoms with Crippen LogP contribution in [0.3, 0.4) is 0 Å². The van der Waals surface area contributed by atoms with Gasteiger partial charge in [0.2, 0.25) is 0 Å². The molecule has 7 nitrogen and oxygen atoms in total. The van der Waals surface area contributed by atoms with Crippen LogP contribution < -0.4 is 0 Å². The first-order valence-electron chi connectivity index (χ1n) is 4.68. The first kappa shape index (κ1) is 15.3. The Labute approximate surface area is 102 Å². The number of hydrogen-bond acceptors (Lipinski definition) is 4. The lowest BCUT2D eigenvalue weighted by molar-refractivity contribution is -0.384. The van der Waals surface area contributed by atoms with Gasteiger partial charge in [-0.1, -0.05) is 12.1 Å². The van der Waals surface area contributed by atoms with E-state index in [1.54, 1.807) is 6.07 Å². The van der Waals surface area contributed by atoms with Gasteiger partial charge in [-0.3, -0.25) is 14.9 Å². The molecule has 1 aromatic carbocycles. The van der Waals surface area contributed by atoms with Gasteiger partial charge in [0.05, 0.1) is 4.92 Å². The summed E-state index contributed by atoms with van der Waals surface area (Å²) in [5, 5.41) is 26.1. The minimum absolute atomic E-state index is 0.0578. The normalized spacial score (nSPS) is 9.39. The molecule has 0 atom stereocenters. The zero-order valence-electron chi connectivity index (χ0n) is 9.44. The molecule has 0 unspecified atom stereocenters. The van der Waals surface area contributed by atoms with E-state index in [2.05, 4.69) is 0 Å². The van der Waals surface area contributed by atoms with Crippen LogP contribution in [0.15, 0.2) is 30.3 Å². The van der Waals surface area contributed by atoms with E-state index in [0.717, 1.165) is 13.0 Å². The van der Waals surface area contributed by atoms with Crippen LogP contribution >= 0.6 is 0 Å². The van der Waals surface area contributed by atoms with Crippen LogP contribution in [0.25, 0.3) is 6.08 Å². The molecule has 1 rings (SSSR count). The van der Waals surface area contributed by atoms with Crippen molar-refractivity contribution in [2.45, 2.75) is 6.92 Å². The average Bonchev–Trinajstić information content (AvgIpc) is 2.26. The Hall–Kier alpha value is -2.70. The number of nitrogens with zero attached hydrogens (tertiary/aromatic N) is 1. The molecule has 7 heteroatoms. The van der Waals surface area contributed by atoms with E-state index in [1.807, 2.05) is 0 Å². The van der Waals surface area contributed by atoms with Crippen LogP contribution in [0, 0.1) is 10.1 Å². The summed E-state index contributed by atoms with van der Waals surface area (Å²) in [5.41, 5.74) is 0.430. The number of nitro benzene ring substituents is 1. The second kappa shape index (κ2) is 7.55. The molecule has 0 fully saturated rings. The van der Waals surface area contributed by atoms with Crippen LogP contribution in [0.5, 0.6) is 0 Å². The number of carbonyl (C=O) groups is 2.